The van der Waals surface area contributed by atoms with Gasteiger partial charge >= 0.3 is 0 Å². The number of nitrogens with zero attached hydrogens (tertiary/aromatic N) is 2. The summed E-state index contributed by atoms with van der Waals surface area (Å²) >= 11 is 1.60. The Kier molecular flexibility index (Phi) is 4.27. The van der Waals surface area contributed by atoms with Crippen LogP contribution >= 0.6 is 11.3 Å². The minimum Gasteiger partial charge on any atom is -0.486 e. The first-order valence-corrected chi connectivity index (χ1v) is 10.2. The van der Waals surface area contributed by atoms with E-state index < -0.39 is 0 Å². The van der Waals surface area contributed by atoms with E-state index in [4.69, 9.17) is 9.47 Å². The van der Waals surface area contributed by atoms with Gasteiger partial charge in [0.15, 0.2) is 11.5 Å². The molecule has 0 unspecified atom stereocenters. The average Bonchev–Trinajstić information content (AvgIpc) is 3.29. The number of aromatic nitrogens is 2. The molecular weight excluding hydrogens is 378 g/mol. The number of hydrogen-bond donors (Lipinski definition) is 1. The molecule has 0 bridgehead atoms. The predicted octanol–water partition coefficient (Wildman–Crippen LogP) is 1.90. The average molecular weight is 397 g/mol. The van der Waals surface area contributed by atoms with E-state index in [1.165, 1.54) is 15.8 Å². The first kappa shape index (κ1) is 17.2. The van der Waals surface area contributed by atoms with Crippen molar-refractivity contribution in [2.24, 2.45) is 0 Å². The Balaban J connectivity index is 1.25. The second-order valence-electron chi connectivity index (χ2n) is 7.02. The number of para-hydroxylation sites is 2. The van der Waals surface area contributed by atoms with Crippen LogP contribution in [-0.4, -0.2) is 34.7 Å². The molecule has 0 spiro atoms. The fourth-order valence-corrected chi connectivity index (χ4v) is 4.95. The maximum absolute atomic E-state index is 12.8. The molecule has 3 aromatic rings. The zero-order valence-corrected chi connectivity index (χ0v) is 16.0. The summed E-state index contributed by atoms with van der Waals surface area (Å²) in [6.07, 6.45) is 4.22. The molecule has 2 aromatic heterocycles. The molecule has 0 saturated heterocycles. The van der Waals surface area contributed by atoms with E-state index in [2.05, 4.69) is 10.3 Å². The van der Waals surface area contributed by atoms with Gasteiger partial charge < -0.3 is 14.8 Å². The van der Waals surface area contributed by atoms with E-state index in [1.54, 1.807) is 11.3 Å². The van der Waals surface area contributed by atoms with Crippen LogP contribution in [0, 0.1) is 0 Å². The summed E-state index contributed by atoms with van der Waals surface area (Å²) in [4.78, 5) is 31.6. The van der Waals surface area contributed by atoms with Crippen LogP contribution in [0.25, 0.3) is 10.2 Å². The molecular formula is C20H19N3O4S. The van der Waals surface area contributed by atoms with Gasteiger partial charge in [0.25, 0.3) is 5.56 Å². The minimum atomic E-state index is -0.267. The SMILES string of the molecule is O=C(Cn1cnc2sc3c(c2c1=O)CCC3)NC[C@@H]1COc2ccccc2O1. The second-order valence-corrected chi connectivity index (χ2v) is 8.10. The molecule has 144 valence electrons. The number of fused-ring (bicyclic) bond motifs is 4. The summed E-state index contributed by atoms with van der Waals surface area (Å²) in [6, 6.07) is 7.44. The first-order valence-electron chi connectivity index (χ1n) is 9.34. The van der Waals surface area contributed by atoms with Gasteiger partial charge in [0.05, 0.1) is 18.3 Å². The lowest BCUT2D eigenvalue weighted by Crippen LogP contribution is -2.42. The first-order chi connectivity index (χ1) is 13.7. The third kappa shape index (κ3) is 3.03. The van der Waals surface area contributed by atoms with Crippen molar-refractivity contribution in [2.45, 2.75) is 31.9 Å². The zero-order chi connectivity index (χ0) is 19.1. The molecule has 1 aromatic carbocycles. The molecule has 0 radical (unpaired) electrons. The molecule has 5 rings (SSSR count). The van der Waals surface area contributed by atoms with E-state index >= 15 is 0 Å². The molecule has 0 saturated carbocycles. The Bertz CT molecular complexity index is 1120. The summed E-state index contributed by atoms with van der Waals surface area (Å²) in [6.45, 7) is 0.619. The number of nitrogens with one attached hydrogen (secondary N) is 1. The minimum absolute atomic E-state index is 0.0590. The van der Waals surface area contributed by atoms with E-state index in [-0.39, 0.29) is 24.1 Å². The Morgan fingerprint density at radius 3 is 3.04 bits per heavy atom. The number of carbonyl (C=O) groups excluding carboxylic acids is 1. The number of aryl methyl sites for hydroxylation is 2. The van der Waals surface area contributed by atoms with Gasteiger partial charge in [0, 0.05) is 4.88 Å². The lowest BCUT2D eigenvalue weighted by Gasteiger charge is -2.26. The van der Waals surface area contributed by atoms with Crippen molar-refractivity contribution in [3.05, 3.63) is 51.4 Å². The maximum atomic E-state index is 12.8. The lowest BCUT2D eigenvalue weighted by atomic mass is 10.2. The van der Waals surface area contributed by atoms with Gasteiger partial charge in [0.2, 0.25) is 5.91 Å². The van der Waals surface area contributed by atoms with Crippen molar-refractivity contribution >= 4 is 27.5 Å². The van der Waals surface area contributed by atoms with E-state index in [1.807, 2.05) is 24.3 Å². The summed E-state index contributed by atoms with van der Waals surface area (Å²) in [5.41, 5.74) is 0.990. The molecule has 2 aliphatic rings. The summed E-state index contributed by atoms with van der Waals surface area (Å²) in [7, 11) is 0. The van der Waals surface area contributed by atoms with E-state index in [0.717, 1.165) is 29.7 Å². The second kappa shape index (κ2) is 6.94. The van der Waals surface area contributed by atoms with E-state index in [9.17, 15) is 9.59 Å². The molecule has 8 heteroatoms. The van der Waals surface area contributed by atoms with Crippen molar-refractivity contribution in [1.82, 2.24) is 14.9 Å². The maximum Gasteiger partial charge on any atom is 0.262 e. The number of carbonyl (C=O) groups is 1. The number of amides is 1. The Labute approximate surface area is 164 Å². The smallest absolute Gasteiger partial charge is 0.262 e. The van der Waals surface area contributed by atoms with Crippen molar-refractivity contribution in [3.63, 3.8) is 0 Å². The van der Waals surface area contributed by atoms with Gasteiger partial charge in [-0.15, -0.1) is 11.3 Å². The Hall–Kier alpha value is -2.87. The Morgan fingerprint density at radius 2 is 2.14 bits per heavy atom. The normalized spacial score (nSPS) is 17.5. The number of rotatable bonds is 4. The van der Waals surface area contributed by atoms with Crippen molar-refractivity contribution in [3.8, 4) is 11.5 Å². The fraction of sp³-hybridized carbons (Fsp3) is 0.350. The molecule has 1 atom stereocenters. The van der Waals surface area contributed by atoms with Crippen LogP contribution in [0.1, 0.15) is 16.9 Å². The zero-order valence-electron chi connectivity index (χ0n) is 15.1. The summed E-state index contributed by atoms with van der Waals surface area (Å²) in [5, 5.41) is 3.51. The molecule has 1 aliphatic heterocycles. The van der Waals surface area contributed by atoms with Gasteiger partial charge in [-0.05, 0) is 37.0 Å². The molecule has 1 aliphatic carbocycles. The third-order valence-corrected chi connectivity index (χ3v) is 6.30. The van der Waals surface area contributed by atoms with Gasteiger partial charge in [-0.3, -0.25) is 14.2 Å². The predicted molar refractivity (Wildman–Crippen MR) is 105 cm³/mol. The number of hydrogen-bond acceptors (Lipinski definition) is 6. The van der Waals surface area contributed by atoms with Gasteiger partial charge in [0.1, 0.15) is 24.1 Å². The largest absolute Gasteiger partial charge is 0.486 e. The third-order valence-electron chi connectivity index (χ3n) is 5.10. The van der Waals surface area contributed by atoms with Crippen LogP contribution < -0.4 is 20.3 Å². The fourth-order valence-electron chi connectivity index (χ4n) is 3.73. The van der Waals surface area contributed by atoms with Crippen LogP contribution in [0.2, 0.25) is 0 Å². The van der Waals surface area contributed by atoms with Crippen molar-refractivity contribution in [2.75, 3.05) is 13.2 Å². The standard InChI is InChI=1S/C20H19N3O4S/c24-17(21-8-12-10-26-14-5-1-2-6-15(14)27-12)9-23-11-22-19-18(20(23)25)13-4-3-7-16(13)28-19/h1-2,5-6,11-12H,3-4,7-10H2,(H,21,24)/t12-/m1/s1. The molecule has 28 heavy (non-hydrogen) atoms. The van der Waals surface area contributed by atoms with Crippen LogP contribution in [0.4, 0.5) is 0 Å². The summed E-state index contributed by atoms with van der Waals surface area (Å²) in [5.74, 6) is 1.13. The number of thiophene rings is 1. The monoisotopic (exact) mass is 397 g/mol. The van der Waals surface area contributed by atoms with Gasteiger partial charge in [-0.2, -0.15) is 0 Å². The molecule has 1 amide bonds. The topological polar surface area (TPSA) is 82.5 Å². The van der Waals surface area contributed by atoms with Crippen molar-refractivity contribution < 1.29 is 14.3 Å². The molecule has 3 heterocycles. The van der Waals surface area contributed by atoms with Crippen LogP contribution in [-0.2, 0) is 24.2 Å². The number of benzene rings is 1. The highest BCUT2D eigenvalue weighted by molar-refractivity contribution is 7.18. The molecule has 7 nitrogen and oxygen atoms in total. The Morgan fingerprint density at radius 1 is 1.29 bits per heavy atom. The highest BCUT2D eigenvalue weighted by Crippen LogP contribution is 2.34. The highest BCUT2D eigenvalue weighted by Gasteiger charge is 2.23. The van der Waals surface area contributed by atoms with Crippen molar-refractivity contribution in [1.29, 1.82) is 0 Å². The molecule has 1 N–H and O–H groups in total. The molecule has 0 fully saturated rings. The highest BCUT2D eigenvalue weighted by atomic mass is 32.1. The van der Waals surface area contributed by atoms with Gasteiger partial charge in [-0.1, -0.05) is 12.1 Å². The summed E-state index contributed by atoms with van der Waals surface area (Å²) < 4.78 is 12.9. The van der Waals surface area contributed by atoms with Crippen LogP contribution in [0.5, 0.6) is 11.5 Å². The quantitative estimate of drug-likeness (QED) is 0.727. The van der Waals surface area contributed by atoms with Crippen LogP contribution in [0.3, 0.4) is 0 Å². The van der Waals surface area contributed by atoms with Gasteiger partial charge in [-0.25, -0.2) is 4.98 Å². The number of ether oxygens (including phenoxy) is 2. The van der Waals surface area contributed by atoms with E-state index in [0.29, 0.717) is 30.0 Å². The lowest BCUT2D eigenvalue weighted by molar-refractivity contribution is -0.122. The van der Waals surface area contributed by atoms with Crippen LogP contribution in [0.15, 0.2) is 35.4 Å².